The second-order valence-corrected chi connectivity index (χ2v) is 9.39. The molecule has 1 aliphatic rings. The SMILES string of the molecule is Cc1ccc(C(=O)Nc2ccc(C3CCCCNC3)cc2)cc1Cc1nccc(-c2cccnc2)n1. The second-order valence-electron chi connectivity index (χ2n) is 9.39. The van der Waals surface area contributed by atoms with Crippen molar-refractivity contribution in [3.8, 4) is 11.3 Å². The number of aryl methyl sites for hydroxylation is 1. The molecule has 0 aliphatic carbocycles. The Morgan fingerprint density at radius 2 is 1.94 bits per heavy atom. The topological polar surface area (TPSA) is 79.8 Å². The number of amides is 1. The smallest absolute Gasteiger partial charge is 0.255 e. The summed E-state index contributed by atoms with van der Waals surface area (Å²) in [6, 6.07) is 19.8. The molecule has 0 spiro atoms. The van der Waals surface area contributed by atoms with E-state index in [1.807, 2.05) is 55.5 Å². The van der Waals surface area contributed by atoms with Crippen LogP contribution in [0.25, 0.3) is 11.3 Å². The van der Waals surface area contributed by atoms with E-state index in [-0.39, 0.29) is 5.91 Å². The number of rotatable bonds is 6. The Bertz CT molecular complexity index is 1310. The maximum absolute atomic E-state index is 13.0. The van der Waals surface area contributed by atoms with Crippen LogP contribution in [0.1, 0.15) is 58.1 Å². The van der Waals surface area contributed by atoms with Crippen molar-refractivity contribution in [2.45, 2.75) is 38.5 Å². The van der Waals surface area contributed by atoms with Crippen molar-refractivity contribution in [1.82, 2.24) is 20.3 Å². The average molecular weight is 478 g/mol. The summed E-state index contributed by atoms with van der Waals surface area (Å²) >= 11 is 0. The van der Waals surface area contributed by atoms with Gasteiger partial charge in [0.05, 0.1) is 5.69 Å². The molecule has 6 heteroatoms. The van der Waals surface area contributed by atoms with Gasteiger partial charge in [0.15, 0.2) is 0 Å². The summed E-state index contributed by atoms with van der Waals surface area (Å²) in [6.07, 6.45) is 9.56. The van der Waals surface area contributed by atoms with Gasteiger partial charge in [0.2, 0.25) is 0 Å². The number of nitrogens with zero attached hydrogens (tertiary/aromatic N) is 3. The Morgan fingerprint density at radius 3 is 2.78 bits per heavy atom. The van der Waals surface area contributed by atoms with Gasteiger partial charge in [0.1, 0.15) is 5.82 Å². The fourth-order valence-electron chi connectivity index (χ4n) is 4.68. The minimum Gasteiger partial charge on any atom is -0.322 e. The van der Waals surface area contributed by atoms with Crippen LogP contribution in [0.15, 0.2) is 79.3 Å². The van der Waals surface area contributed by atoms with Gasteiger partial charge in [-0.05, 0) is 91.4 Å². The maximum atomic E-state index is 13.0. The van der Waals surface area contributed by atoms with E-state index >= 15 is 0 Å². The van der Waals surface area contributed by atoms with E-state index in [0.29, 0.717) is 23.7 Å². The highest BCUT2D eigenvalue weighted by Gasteiger charge is 2.15. The van der Waals surface area contributed by atoms with Gasteiger partial charge in [-0.1, -0.05) is 24.6 Å². The number of carbonyl (C=O) groups excluding carboxylic acids is 1. The van der Waals surface area contributed by atoms with E-state index < -0.39 is 0 Å². The molecule has 1 unspecified atom stereocenters. The van der Waals surface area contributed by atoms with E-state index in [9.17, 15) is 4.79 Å². The summed E-state index contributed by atoms with van der Waals surface area (Å²) in [5.41, 5.74) is 6.67. The van der Waals surface area contributed by atoms with Crippen LogP contribution in [-0.4, -0.2) is 33.9 Å². The average Bonchev–Trinajstić information content (AvgIpc) is 3.21. The number of aromatic nitrogens is 3. The van der Waals surface area contributed by atoms with Crippen LogP contribution in [0.2, 0.25) is 0 Å². The Hall–Kier alpha value is -3.90. The van der Waals surface area contributed by atoms with Crippen LogP contribution in [0.4, 0.5) is 5.69 Å². The van der Waals surface area contributed by atoms with Gasteiger partial charge in [0, 0.05) is 48.4 Å². The summed E-state index contributed by atoms with van der Waals surface area (Å²) in [4.78, 5) is 26.4. The molecule has 182 valence electrons. The standard InChI is InChI=1S/C30H31N5O/c1-21-7-8-23(17-26(21)18-29-33-16-13-28(35-29)25-6-4-15-32-20-25)30(36)34-27-11-9-22(10-12-27)24-5-2-3-14-31-19-24/h4,6-13,15-17,20,24,31H,2-3,5,14,18-19H2,1H3,(H,34,36). The van der Waals surface area contributed by atoms with Crippen LogP contribution in [-0.2, 0) is 6.42 Å². The second kappa shape index (κ2) is 11.2. The largest absolute Gasteiger partial charge is 0.322 e. The minimum atomic E-state index is -0.120. The number of anilines is 1. The van der Waals surface area contributed by atoms with Crippen molar-refractivity contribution in [2.75, 3.05) is 18.4 Å². The Morgan fingerprint density at radius 1 is 1.06 bits per heavy atom. The first-order valence-electron chi connectivity index (χ1n) is 12.6. The van der Waals surface area contributed by atoms with E-state index in [1.165, 1.54) is 24.8 Å². The Balaban J connectivity index is 1.28. The molecule has 2 N–H and O–H groups in total. The highest BCUT2D eigenvalue weighted by atomic mass is 16.1. The zero-order valence-corrected chi connectivity index (χ0v) is 20.6. The summed E-state index contributed by atoms with van der Waals surface area (Å²) in [7, 11) is 0. The normalized spacial score (nSPS) is 15.8. The maximum Gasteiger partial charge on any atom is 0.255 e. The van der Waals surface area contributed by atoms with Gasteiger partial charge in [-0.25, -0.2) is 9.97 Å². The molecule has 1 amide bonds. The van der Waals surface area contributed by atoms with Crippen LogP contribution < -0.4 is 10.6 Å². The van der Waals surface area contributed by atoms with Crippen molar-refractivity contribution in [3.05, 3.63) is 107 Å². The number of nitrogens with one attached hydrogen (secondary N) is 2. The first-order chi connectivity index (χ1) is 17.7. The first-order valence-corrected chi connectivity index (χ1v) is 12.6. The molecule has 6 nitrogen and oxygen atoms in total. The molecule has 36 heavy (non-hydrogen) atoms. The number of hydrogen-bond donors (Lipinski definition) is 2. The number of carbonyl (C=O) groups is 1. The van der Waals surface area contributed by atoms with E-state index in [4.69, 9.17) is 4.98 Å². The predicted molar refractivity (Wildman–Crippen MR) is 143 cm³/mol. The summed E-state index contributed by atoms with van der Waals surface area (Å²) in [6.45, 7) is 4.17. The van der Waals surface area contributed by atoms with Crippen LogP contribution >= 0.6 is 0 Å². The van der Waals surface area contributed by atoms with Crippen molar-refractivity contribution in [1.29, 1.82) is 0 Å². The molecule has 5 rings (SSSR count). The molecular formula is C30H31N5O. The fourth-order valence-corrected chi connectivity index (χ4v) is 4.68. The molecule has 2 aromatic heterocycles. The molecule has 0 saturated carbocycles. The Kier molecular flexibility index (Phi) is 7.43. The molecule has 1 aliphatic heterocycles. The molecule has 0 bridgehead atoms. The molecule has 1 saturated heterocycles. The third-order valence-electron chi connectivity index (χ3n) is 6.81. The lowest BCUT2D eigenvalue weighted by Crippen LogP contribution is -2.19. The highest BCUT2D eigenvalue weighted by molar-refractivity contribution is 6.04. The van der Waals surface area contributed by atoms with Crippen LogP contribution in [0.5, 0.6) is 0 Å². The molecule has 0 radical (unpaired) electrons. The third-order valence-corrected chi connectivity index (χ3v) is 6.81. The first kappa shape index (κ1) is 23.8. The van der Waals surface area contributed by atoms with Gasteiger partial charge in [-0.3, -0.25) is 9.78 Å². The van der Waals surface area contributed by atoms with Gasteiger partial charge >= 0.3 is 0 Å². The molecule has 1 atom stereocenters. The zero-order valence-electron chi connectivity index (χ0n) is 20.6. The number of pyridine rings is 1. The van der Waals surface area contributed by atoms with E-state index in [2.05, 4.69) is 32.7 Å². The molecule has 2 aromatic carbocycles. The van der Waals surface area contributed by atoms with Gasteiger partial charge in [-0.2, -0.15) is 0 Å². The van der Waals surface area contributed by atoms with Gasteiger partial charge < -0.3 is 10.6 Å². The lowest BCUT2D eigenvalue weighted by molar-refractivity contribution is 0.102. The third kappa shape index (κ3) is 5.83. The van der Waals surface area contributed by atoms with Crippen LogP contribution in [0.3, 0.4) is 0 Å². The van der Waals surface area contributed by atoms with Crippen molar-refractivity contribution in [3.63, 3.8) is 0 Å². The zero-order chi connectivity index (χ0) is 24.7. The lowest BCUT2D eigenvalue weighted by atomic mass is 9.94. The molecular weight excluding hydrogens is 446 g/mol. The van der Waals surface area contributed by atoms with Crippen LogP contribution in [0, 0.1) is 6.92 Å². The summed E-state index contributed by atoms with van der Waals surface area (Å²) < 4.78 is 0. The summed E-state index contributed by atoms with van der Waals surface area (Å²) in [5.74, 6) is 1.13. The summed E-state index contributed by atoms with van der Waals surface area (Å²) in [5, 5.41) is 6.57. The van der Waals surface area contributed by atoms with Crippen molar-refractivity contribution in [2.24, 2.45) is 0 Å². The predicted octanol–water partition coefficient (Wildman–Crippen LogP) is 5.55. The monoisotopic (exact) mass is 477 g/mol. The van der Waals surface area contributed by atoms with Gasteiger partial charge in [-0.15, -0.1) is 0 Å². The highest BCUT2D eigenvalue weighted by Crippen LogP contribution is 2.25. The van der Waals surface area contributed by atoms with Crippen molar-refractivity contribution >= 4 is 11.6 Å². The quantitative estimate of drug-likeness (QED) is 0.381. The van der Waals surface area contributed by atoms with Crippen molar-refractivity contribution < 1.29 is 4.79 Å². The number of benzene rings is 2. The Labute approximate surface area is 212 Å². The fraction of sp³-hybridized carbons (Fsp3) is 0.267. The minimum absolute atomic E-state index is 0.120. The van der Waals surface area contributed by atoms with E-state index in [1.54, 1.807) is 18.6 Å². The lowest BCUT2D eigenvalue weighted by Gasteiger charge is -2.15. The molecule has 3 heterocycles. The molecule has 4 aromatic rings. The van der Waals surface area contributed by atoms with Gasteiger partial charge in [0.25, 0.3) is 5.91 Å². The van der Waals surface area contributed by atoms with E-state index in [0.717, 1.165) is 41.2 Å². The number of hydrogen-bond acceptors (Lipinski definition) is 5. The molecule has 1 fully saturated rings.